The Morgan fingerprint density at radius 2 is 1.90 bits per heavy atom. The van der Waals surface area contributed by atoms with Crippen LogP contribution < -0.4 is 5.43 Å². The molecule has 3 aromatic rings. The summed E-state index contributed by atoms with van der Waals surface area (Å²) in [5.41, 5.74) is -1.80. The minimum absolute atomic E-state index is 0.0555. The Bertz CT molecular complexity index is 1240. The number of pyridine rings is 1. The molecule has 1 N–H and O–H groups in total. The van der Waals surface area contributed by atoms with E-state index in [2.05, 4.69) is 21.0 Å². The number of halogens is 6. The first-order chi connectivity index (χ1) is 14.5. The standard InChI is InChI=1S/C19H13BrCl2F3N3O3/c1-2-28-12(8-27-6-5-13(26-27)19(23,24)25)15(20)17(29)14(18(30)31)16(28)9-3-4-10(21)11(22)7-9/h3-7H,2,8H2,1H3,(H,30,31). The van der Waals surface area contributed by atoms with Crippen LogP contribution >= 0.6 is 39.1 Å². The molecule has 0 radical (unpaired) electrons. The highest BCUT2D eigenvalue weighted by Crippen LogP contribution is 2.33. The number of nitrogens with zero attached hydrogens (tertiary/aromatic N) is 3. The zero-order valence-electron chi connectivity index (χ0n) is 15.7. The van der Waals surface area contributed by atoms with Gasteiger partial charge in [-0.1, -0.05) is 29.3 Å². The first-order valence-electron chi connectivity index (χ1n) is 8.70. The lowest BCUT2D eigenvalue weighted by atomic mass is 10.0. The number of aromatic carboxylic acids is 1. The summed E-state index contributed by atoms with van der Waals surface area (Å²) in [6.45, 7) is 1.70. The molecule has 0 atom stereocenters. The summed E-state index contributed by atoms with van der Waals surface area (Å²) in [5.74, 6) is -1.46. The van der Waals surface area contributed by atoms with Crippen LogP contribution in [0.4, 0.5) is 13.2 Å². The van der Waals surface area contributed by atoms with Crippen molar-refractivity contribution in [3.05, 3.63) is 72.2 Å². The number of alkyl halides is 3. The number of rotatable bonds is 5. The molecular formula is C19H13BrCl2F3N3O3. The van der Waals surface area contributed by atoms with Crippen molar-refractivity contribution in [2.75, 3.05) is 0 Å². The molecule has 12 heteroatoms. The summed E-state index contributed by atoms with van der Waals surface area (Å²) < 4.78 is 41.1. The van der Waals surface area contributed by atoms with Crippen LogP contribution in [-0.2, 0) is 19.3 Å². The lowest BCUT2D eigenvalue weighted by molar-refractivity contribution is -0.141. The highest BCUT2D eigenvalue weighted by atomic mass is 79.9. The minimum Gasteiger partial charge on any atom is -0.477 e. The second-order valence-electron chi connectivity index (χ2n) is 6.39. The quantitative estimate of drug-likeness (QED) is 0.461. The molecule has 0 saturated carbocycles. The van der Waals surface area contributed by atoms with Crippen molar-refractivity contribution in [3.8, 4) is 11.3 Å². The SMILES string of the molecule is CCn1c(Cn2ccc(C(F)(F)F)n2)c(Br)c(=O)c(C(=O)O)c1-c1ccc(Cl)c(Cl)c1. The Morgan fingerprint density at radius 1 is 1.23 bits per heavy atom. The van der Waals surface area contributed by atoms with Gasteiger partial charge in [-0.05, 0) is 41.1 Å². The molecule has 31 heavy (non-hydrogen) atoms. The molecule has 1 aromatic carbocycles. The van der Waals surface area contributed by atoms with Gasteiger partial charge in [-0.3, -0.25) is 9.48 Å². The Labute approximate surface area is 191 Å². The number of benzene rings is 1. The Kier molecular flexibility index (Phi) is 6.54. The minimum atomic E-state index is -4.62. The van der Waals surface area contributed by atoms with Gasteiger partial charge < -0.3 is 9.67 Å². The second-order valence-corrected chi connectivity index (χ2v) is 8.00. The highest BCUT2D eigenvalue weighted by molar-refractivity contribution is 9.10. The van der Waals surface area contributed by atoms with Crippen molar-refractivity contribution in [2.24, 2.45) is 0 Å². The van der Waals surface area contributed by atoms with Crippen molar-refractivity contribution in [1.29, 1.82) is 0 Å². The molecule has 0 bridgehead atoms. The Hall–Kier alpha value is -2.30. The third-order valence-electron chi connectivity index (χ3n) is 4.48. The first kappa shape index (κ1) is 23.4. The fourth-order valence-electron chi connectivity index (χ4n) is 3.14. The molecule has 3 rings (SSSR count). The highest BCUT2D eigenvalue weighted by Gasteiger charge is 2.34. The van der Waals surface area contributed by atoms with E-state index in [9.17, 15) is 27.9 Å². The van der Waals surface area contributed by atoms with Gasteiger partial charge in [-0.25, -0.2) is 4.79 Å². The smallest absolute Gasteiger partial charge is 0.435 e. The van der Waals surface area contributed by atoms with Crippen LogP contribution in [0.5, 0.6) is 0 Å². The van der Waals surface area contributed by atoms with E-state index in [4.69, 9.17) is 23.2 Å². The third kappa shape index (κ3) is 4.51. The van der Waals surface area contributed by atoms with E-state index in [1.54, 1.807) is 6.92 Å². The third-order valence-corrected chi connectivity index (χ3v) is 6.04. The fourth-order valence-corrected chi connectivity index (χ4v) is 3.97. The molecule has 0 saturated heterocycles. The van der Waals surface area contributed by atoms with Crippen molar-refractivity contribution >= 4 is 45.1 Å². The van der Waals surface area contributed by atoms with Crippen LogP contribution in [0.3, 0.4) is 0 Å². The van der Waals surface area contributed by atoms with Crippen LogP contribution in [0.1, 0.15) is 28.7 Å². The van der Waals surface area contributed by atoms with Gasteiger partial charge in [0.1, 0.15) is 5.56 Å². The molecule has 0 amide bonds. The average molecular weight is 539 g/mol. The summed E-state index contributed by atoms with van der Waals surface area (Å²) in [4.78, 5) is 24.8. The molecule has 0 unspecified atom stereocenters. The fraction of sp³-hybridized carbons (Fsp3) is 0.211. The molecule has 0 spiro atoms. The summed E-state index contributed by atoms with van der Waals surface area (Å²) >= 11 is 15.2. The van der Waals surface area contributed by atoms with Gasteiger partial charge in [0.15, 0.2) is 5.69 Å². The topological polar surface area (TPSA) is 77.1 Å². The summed E-state index contributed by atoms with van der Waals surface area (Å²) in [5, 5.41) is 13.6. The molecule has 0 aliphatic carbocycles. The summed E-state index contributed by atoms with van der Waals surface area (Å²) in [6, 6.07) is 5.20. The summed E-state index contributed by atoms with van der Waals surface area (Å²) in [7, 11) is 0. The Balaban J connectivity index is 2.29. The molecule has 0 fully saturated rings. The number of carbonyl (C=O) groups is 1. The van der Waals surface area contributed by atoms with Gasteiger partial charge in [0.25, 0.3) is 0 Å². The van der Waals surface area contributed by atoms with Crippen LogP contribution in [0.25, 0.3) is 11.3 Å². The van der Waals surface area contributed by atoms with E-state index in [1.165, 1.54) is 22.8 Å². The zero-order valence-corrected chi connectivity index (χ0v) is 18.8. The van der Waals surface area contributed by atoms with Gasteiger partial charge in [-0.2, -0.15) is 18.3 Å². The average Bonchev–Trinajstić information content (AvgIpc) is 3.16. The molecule has 6 nitrogen and oxygen atoms in total. The van der Waals surface area contributed by atoms with E-state index in [0.29, 0.717) is 5.56 Å². The lowest BCUT2D eigenvalue weighted by Crippen LogP contribution is -2.26. The molecular weight excluding hydrogens is 526 g/mol. The maximum Gasteiger partial charge on any atom is 0.435 e. The van der Waals surface area contributed by atoms with E-state index in [0.717, 1.165) is 16.9 Å². The van der Waals surface area contributed by atoms with E-state index < -0.39 is 28.8 Å². The number of carboxylic acids is 1. The van der Waals surface area contributed by atoms with Gasteiger partial charge in [0.05, 0.1) is 32.5 Å². The van der Waals surface area contributed by atoms with Gasteiger partial charge in [0.2, 0.25) is 5.43 Å². The van der Waals surface area contributed by atoms with Gasteiger partial charge in [-0.15, -0.1) is 0 Å². The van der Waals surface area contributed by atoms with Crippen LogP contribution in [-0.4, -0.2) is 25.4 Å². The maximum atomic E-state index is 12.9. The van der Waals surface area contributed by atoms with E-state index in [-0.39, 0.29) is 39.0 Å². The van der Waals surface area contributed by atoms with E-state index in [1.807, 2.05) is 0 Å². The Morgan fingerprint density at radius 3 is 2.42 bits per heavy atom. The monoisotopic (exact) mass is 537 g/mol. The van der Waals surface area contributed by atoms with E-state index >= 15 is 0 Å². The number of hydrogen-bond acceptors (Lipinski definition) is 3. The second kappa shape index (κ2) is 8.68. The molecule has 0 aliphatic rings. The number of carboxylic acid groups (broad SMARTS) is 1. The van der Waals surface area contributed by atoms with Crippen LogP contribution in [0, 0.1) is 0 Å². The molecule has 164 valence electrons. The molecule has 2 aromatic heterocycles. The van der Waals surface area contributed by atoms with Crippen molar-refractivity contribution in [2.45, 2.75) is 26.2 Å². The van der Waals surface area contributed by atoms with Crippen molar-refractivity contribution in [3.63, 3.8) is 0 Å². The van der Waals surface area contributed by atoms with Crippen molar-refractivity contribution in [1.82, 2.24) is 14.3 Å². The first-order valence-corrected chi connectivity index (χ1v) is 10.2. The number of hydrogen-bond donors (Lipinski definition) is 1. The van der Waals surface area contributed by atoms with Gasteiger partial charge in [0, 0.05) is 18.3 Å². The summed E-state index contributed by atoms with van der Waals surface area (Å²) in [6.07, 6.45) is -3.49. The predicted octanol–water partition coefficient (Wildman–Crippen LogP) is 5.57. The van der Waals surface area contributed by atoms with Crippen molar-refractivity contribution < 1.29 is 23.1 Å². The lowest BCUT2D eigenvalue weighted by Gasteiger charge is -2.21. The predicted molar refractivity (Wildman–Crippen MR) is 113 cm³/mol. The number of aromatic nitrogens is 3. The molecule has 2 heterocycles. The normalized spacial score (nSPS) is 11.7. The van der Waals surface area contributed by atoms with Crippen LogP contribution in [0.2, 0.25) is 10.0 Å². The van der Waals surface area contributed by atoms with Crippen LogP contribution in [0.15, 0.2) is 39.7 Å². The van der Waals surface area contributed by atoms with Gasteiger partial charge >= 0.3 is 12.1 Å². The zero-order chi connectivity index (χ0) is 23.1. The maximum absolute atomic E-state index is 12.9. The molecule has 0 aliphatic heterocycles. The largest absolute Gasteiger partial charge is 0.477 e.